The molecule has 0 saturated carbocycles. The van der Waals surface area contributed by atoms with E-state index in [1.165, 1.54) is 12.0 Å². The summed E-state index contributed by atoms with van der Waals surface area (Å²) in [6.45, 7) is 11.2. The largest absolute Gasteiger partial charge is 0.381 e. The highest BCUT2D eigenvalue weighted by atomic mass is 35.5. The molecular weight excluding hydrogens is 400 g/mol. The average Bonchev–Trinajstić information content (AvgIpc) is 3.28. The zero-order valence-corrected chi connectivity index (χ0v) is 18.9. The number of hydrogen-bond donors (Lipinski definition) is 1. The third-order valence-corrected chi connectivity index (χ3v) is 7.01. The van der Waals surface area contributed by atoms with Crippen molar-refractivity contribution < 1.29 is 9.47 Å². The zero-order chi connectivity index (χ0) is 20.8. The van der Waals surface area contributed by atoms with Crippen LogP contribution in [-0.4, -0.2) is 87.5 Å². The maximum Gasteiger partial charge on any atom is 0.193 e. The van der Waals surface area contributed by atoms with E-state index in [1.807, 2.05) is 6.07 Å². The minimum atomic E-state index is -0.00679. The maximum absolute atomic E-state index is 6.33. The molecule has 30 heavy (non-hydrogen) atoms. The van der Waals surface area contributed by atoms with Crippen molar-refractivity contribution in [3.05, 3.63) is 34.9 Å². The van der Waals surface area contributed by atoms with E-state index in [1.54, 1.807) is 0 Å². The van der Waals surface area contributed by atoms with Crippen LogP contribution >= 0.6 is 11.6 Å². The number of guanidine groups is 1. The molecule has 3 heterocycles. The van der Waals surface area contributed by atoms with Crippen LogP contribution in [0.25, 0.3) is 0 Å². The van der Waals surface area contributed by atoms with Gasteiger partial charge in [-0.25, -0.2) is 0 Å². The summed E-state index contributed by atoms with van der Waals surface area (Å²) in [5.41, 5.74) is 1.28. The first-order valence-electron chi connectivity index (χ1n) is 11.4. The van der Waals surface area contributed by atoms with Gasteiger partial charge in [0.15, 0.2) is 5.96 Å². The molecule has 1 N–H and O–H groups in total. The molecule has 0 aliphatic carbocycles. The molecule has 0 amide bonds. The highest BCUT2D eigenvalue weighted by Gasteiger charge is 2.36. The van der Waals surface area contributed by atoms with E-state index >= 15 is 0 Å². The van der Waals surface area contributed by atoms with E-state index in [0.29, 0.717) is 6.04 Å². The van der Waals surface area contributed by atoms with Crippen LogP contribution in [0.15, 0.2) is 29.3 Å². The van der Waals surface area contributed by atoms with Crippen LogP contribution in [0.1, 0.15) is 31.7 Å². The van der Waals surface area contributed by atoms with Gasteiger partial charge in [-0.15, -0.1) is 0 Å². The fourth-order valence-corrected chi connectivity index (χ4v) is 5.14. The summed E-state index contributed by atoms with van der Waals surface area (Å²) >= 11 is 6.33. The monoisotopic (exact) mass is 434 g/mol. The van der Waals surface area contributed by atoms with Crippen LogP contribution in [0.2, 0.25) is 5.02 Å². The summed E-state index contributed by atoms with van der Waals surface area (Å²) < 4.78 is 11.2. The van der Waals surface area contributed by atoms with Crippen LogP contribution < -0.4 is 5.32 Å². The van der Waals surface area contributed by atoms with Gasteiger partial charge in [0.25, 0.3) is 0 Å². The molecule has 3 aliphatic rings. The zero-order valence-electron chi connectivity index (χ0n) is 18.1. The molecule has 3 aliphatic heterocycles. The van der Waals surface area contributed by atoms with Crippen molar-refractivity contribution >= 4 is 17.6 Å². The molecule has 6 nitrogen and oxygen atoms in total. The summed E-state index contributed by atoms with van der Waals surface area (Å²) in [6.07, 6.45) is 3.15. The van der Waals surface area contributed by atoms with Gasteiger partial charge in [-0.05, 0) is 43.9 Å². The van der Waals surface area contributed by atoms with Gasteiger partial charge in [0, 0.05) is 62.4 Å². The first kappa shape index (κ1) is 21.9. The molecule has 0 bridgehead atoms. The number of benzene rings is 1. The average molecular weight is 435 g/mol. The van der Waals surface area contributed by atoms with E-state index in [4.69, 9.17) is 26.1 Å². The van der Waals surface area contributed by atoms with Gasteiger partial charge in [0.05, 0.1) is 19.8 Å². The molecule has 1 aromatic rings. The van der Waals surface area contributed by atoms with Crippen molar-refractivity contribution in [2.75, 3.05) is 65.7 Å². The minimum Gasteiger partial charge on any atom is -0.381 e. The first-order chi connectivity index (χ1) is 14.7. The van der Waals surface area contributed by atoms with Crippen LogP contribution in [0.4, 0.5) is 0 Å². The molecule has 3 saturated heterocycles. The highest BCUT2D eigenvalue weighted by Crippen LogP contribution is 2.36. The van der Waals surface area contributed by atoms with Crippen molar-refractivity contribution in [3.63, 3.8) is 0 Å². The Balaban J connectivity index is 1.49. The van der Waals surface area contributed by atoms with Crippen molar-refractivity contribution in [1.82, 2.24) is 15.1 Å². The second kappa shape index (κ2) is 10.3. The van der Waals surface area contributed by atoms with Crippen LogP contribution in [-0.2, 0) is 14.9 Å². The quantitative estimate of drug-likeness (QED) is 0.570. The first-order valence-corrected chi connectivity index (χ1v) is 11.8. The lowest BCUT2D eigenvalue weighted by Gasteiger charge is -2.37. The summed E-state index contributed by atoms with van der Waals surface area (Å²) in [5.74, 6) is 1.04. The third-order valence-electron chi connectivity index (χ3n) is 6.78. The Hall–Kier alpha value is -1.34. The molecule has 0 radical (unpaired) electrons. The number of aliphatic imine (C=N–C) groups is 1. The Kier molecular flexibility index (Phi) is 7.52. The normalized spacial score (nSPS) is 25.5. The maximum atomic E-state index is 6.33. The second-order valence-corrected chi connectivity index (χ2v) is 9.05. The Morgan fingerprint density at radius 2 is 1.93 bits per heavy atom. The third kappa shape index (κ3) is 5.10. The van der Waals surface area contributed by atoms with Crippen LogP contribution in [0.5, 0.6) is 0 Å². The number of halogens is 1. The van der Waals surface area contributed by atoms with Crippen molar-refractivity contribution in [1.29, 1.82) is 0 Å². The lowest BCUT2D eigenvalue weighted by atomic mass is 9.74. The number of morpholine rings is 1. The molecule has 0 spiro atoms. The molecule has 0 aromatic heterocycles. The number of nitrogens with one attached hydrogen (secondary N) is 1. The smallest absolute Gasteiger partial charge is 0.193 e. The van der Waals surface area contributed by atoms with Crippen molar-refractivity contribution in [2.45, 2.75) is 37.6 Å². The molecule has 1 aromatic carbocycles. The van der Waals surface area contributed by atoms with Gasteiger partial charge in [-0.1, -0.05) is 23.7 Å². The van der Waals surface area contributed by atoms with Crippen LogP contribution in [0.3, 0.4) is 0 Å². The van der Waals surface area contributed by atoms with E-state index < -0.39 is 0 Å². The molecule has 1 atom stereocenters. The lowest BCUT2D eigenvalue weighted by molar-refractivity contribution is 0.0194. The molecule has 1 unspecified atom stereocenters. The Morgan fingerprint density at radius 1 is 1.17 bits per heavy atom. The number of nitrogens with zero attached hydrogens (tertiary/aromatic N) is 3. The minimum absolute atomic E-state index is 0.00679. The van der Waals surface area contributed by atoms with Gasteiger partial charge < -0.3 is 19.7 Å². The van der Waals surface area contributed by atoms with Gasteiger partial charge in [-0.3, -0.25) is 9.89 Å². The van der Waals surface area contributed by atoms with Gasteiger partial charge in [0.1, 0.15) is 0 Å². The standard InChI is InChI=1S/C23H35ClN4O2/c1-2-25-22(28-9-6-21(17-28)27-10-14-30-15-11-27)26-18-23(7-12-29-13-8-23)19-4-3-5-20(24)16-19/h3-5,16,21H,2,6-15,17-18H2,1H3,(H,25,26). The fraction of sp³-hybridized carbons (Fsp3) is 0.696. The molecule has 166 valence electrons. The Bertz CT molecular complexity index is 717. The lowest BCUT2D eigenvalue weighted by Crippen LogP contribution is -2.47. The van der Waals surface area contributed by atoms with E-state index in [2.05, 4.69) is 40.2 Å². The summed E-state index contributed by atoms with van der Waals surface area (Å²) in [5, 5.41) is 4.34. The van der Waals surface area contributed by atoms with Gasteiger partial charge >= 0.3 is 0 Å². The topological polar surface area (TPSA) is 49.3 Å². The van der Waals surface area contributed by atoms with E-state index in [-0.39, 0.29) is 5.41 Å². The SMILES string of the molecule is CCNC(=NCC1(c2cccc(Cl)c2)CCOCC1)N1CCC(N2CCOCC2)C1. The van der Waals surface area contributed by atoms with E-state index in [9.17, 15) is 0 Å². The predicted molar refractivity (Wildman–Crippen MR) is 122 cm³/mol. The number of likely N-dealkylation sites (tertiary alicyclic amines) is 1. The number of ether oxygens (including phenoxy) is 2. The molecule has 7 heteroatoms. The summed E-state index contributed by atoms with van der Waals surface area (Å²) in [6, 6.07) is 8.91. The summed E-state index contributed by atoms with van der Waals surface area (Å²) in [7, 11) is 0. The number of rotatable bonds is 5. The van der Waals surface area contributed by atoms with Crippen molar-refractivity contribution in [3.8, 4) is 0 Å². The van der Waals surface area contributed by atoms with Crippen LogP contribution in [0, 0.1) is 0 Å². The Morgan fingerprint density at radius 3 is 2.67 bits per heavy atom. The van der Waals surface area contributed by atoms with Gasteiger partial charge in [-0.2, -0.15) is 0 Å². The van der Waals surface area contributed by atoms with E-state index in [0.717, 1.165) is 89.5 Å². The van der Waals surface area contributed by atoms with Gasteiger partial charge in [0.2, 0.25) is 0 Å². The summed E-state index contributed by atoms with van der Waals surface area (Å²) in [4.78, 5) is 10.2. The molecule has 4 rings (SSSR count). The highest BCUT2D eigenvalue weighted by molar-refractivity contribution is 6.30. The fourth-order valence-electron chi connectivity index (χ4n) is 4.95. The molecular formula is C23H35ClN4O2. The second-order valence-electron chi connectivity index (χ2n) is 8.61. The molecule has 3 fully saturated rings. The van der Waals surface area contributed by atoms with Crippen molar-refractivity contribution in [2.24, 2.45) is 4.99 Å². The Labute approximate surface area is 185 Å². The predicted octanol–water partition coefficient (Wildman–Crippen LogP) is 2.76. The number of hydrogen-bond acceptors (Lipinski definition) is 4.